The second kappa shape index (κ2) is 5.71. The summed E-state index contributed by atoms with van der Waals surface area (Å²) in [5.41, 5.74) is 0.725. The van der Waals surface area contributed by atoms with Gasteiger partial charge in [-0.05, 0) is 24.8 Å². The van der Waals surface area contributed by atoms with Gasteiger partial charge in [0.05, 0.1) is 11.7 Å². The van der Waals surface area contributed by atoms with E-state index in [9.17, 15) is 13.2 Å². The van der Waals surface area contributed by atoms with Crippen molar-refractivity contribution in [2.45, 2.75) is 31.1 Å². The lowest BCUT2D eigenvalue weighted by Gasteiger charge is -2.12. The molecule has 1 saturated carbocycles. The maximum atomic E-state index is 12.0. The van der Waals surface area contributed by atoms with Crippen molar-refractivity contribution < 1.29 is 18.3 Å². The fourth-order valence-electron chi connectivity index (χ4n) is 2.40. The molecule has 0 radical (unpaired) electrons. The summed E-state index contributed by atoms with van der Waals surface area (Å²) in [7, 11) is -3.41. The van der Waals surface area contributed by atoms with Gasteiger partial charge in [-0.2, -0.15) is 0 Å². The largest absolute Gasteiger partial charge is 0.481 e. The number of benzene rings is 1. The van der Waals surface area contributed by atoms with E-state index < -0.39 is 21.9 Å². The van der Waals surface area contributed by atoms with Crippen LogP contribution in [0.4, 0.5) is 0 Å². The Hall–Kier alpha value is -1.40. The zero-order valence-electron chi connectivity index (χ0n) is 10.5. The van der Waals surface area contributed by atoms with Crippen molar-refractivity contribution in [2.24, 2.45) is 5.92 Å². The molecule has 1 aromatic rings. The molecule has 1 aliphatic carbocycles. The topological polar surface area (TPSA) is 83.5 Å². The standard InChI is InChI=1S/C13H17NO4S/c15-13(16)11-6-7-12(8-11)14-19(17,18)9-10-4-2-1-3-5-10/h1-5,11-12,14H,6-9H2,(H,15,16)/t11-,12+/m1/s1. The molecule has 5 nitrogen and oxygen atoms in total. The third-order valence-electron chi connectivity index (χ3n) is 3.33. The normalized spacial score (nSPS) is 23.4. The Bertz CT molecular complexity index is 541. The Morgan fingerprint density at radius 1 is 1.26 bits per heavy atom. The van der Waals surface area contributed by atoms with Crippen molar-refractivity contribution in [3.8, 4) is 0 Å². The molecule has 0 aromatic heterocycles. The molecule has 0 bridgehead atoms. The van der Waals surface area contributed by atoms with Crippen LogP contribution in [0, 0.1) is 5.92 Å². The summed E-state index contributed by atoms with van der Waals surface area (Å²) in [6.07, 6.45) is 1.50. The minimum absolute atomic E-state index is 0.0674. The van der Waals surface area contributed by atoms with Gasteiger partial charge in [-0.3, -0.25) is 4.79 Å². The van der Waals surface area contributed by atoms with Gasteiger partial charge >= 0.3 is 5.97 Å². The Balaban J connectivity index is 1.94. The molecule has 104 valence electrons. The zero-order valence-corrected chi connectivity index (χ0v) is 11.3. The number of hydrogen-bond acceptors (Lipinski definition) is 3. The lowest BCUT2D eigenvalue weighted by molar-refractivity contribution is -0.141. The number of carboxylic acids is 1. The number of aliphatic carboxylic acids is 1. The highest BCUT2D eigenvalue weighted by Gasteiger charge is 2.31. The number of rotatable bonds is 5. The molecule has 1 fully saturated rings. The molecule has 0 heterocycles. The summed E-state index contributed by atoms with van der Waals surface area (Å²) in [5.74, 6) is -1.34. The van der Waals surface area contributed by atoms with Crippen LogP contribution in [0.15, 0.2) is 30.3 Å². The number of sulfonamides is 1. The van der Waals surface area contributed by atoms with Gasteiger partial charge in [0.2, 0.25) is 10.0 Å². The minimum atomic E-state index is -3.41. The molecule has 0 amide bonds. The van der Waals surface area contributed by atoms with Crippen molar-refractivity contribution >= 4 is 16.0 Å². The van der Waals surface area contributed by atoms with Crippen molar-refractivity contribution in [1.29, 1.82) is 0 Å². The number of carboxylic acid groups (broad SMARTS) is 1. The van der Waals surface area contributed by atoms with Gasteiger partial charge in [0.1, 0.15) is 0 Å². The van der Waals surface area contributed by atoms with E-state index in [0.29, 0.717) is 19.3 Å². The fraction of sp³-hybridized carbons (Fsp3) is 0.462. The molecular formula is C13H17NO4S. The summed E-state index contributed by atoms with van der Waals surface area (Å²) in [6, 6.07) is 8.68. The van der Waals surface area contributed by atoms with Crippen LogP contribution in [0.3, 0.4) is 0 Å². The Labute approximate surface area is 112 Å². The van der Waals surface area contributed by atoms with Crippen LogP contribution in [-0.2, 0) is 20.6 Å². The summed E-state index contributed by atoms with van der Waals surface area (Å²) >= 11 is 0. The first kappa shape index (κ1) is 14.0. The van der Waals surface area contributed by atoms with Crippen molar-refractivity contribution in [1.82, 2.24) is 4.72 Å². The summed E-state index contributed by atoms with van der Waals surface area (Å²) in [6.45, 7) is 0. The van der Waals surface area contributed by atoms with Gasteiger partial charge in [0, 0.05) is 6.04 Å². The average molecular weight is 283 g/mol. The maximum absolute atomic E-state index is 12.0. The fourth-order valence-corrected chi connectivity index (χ4v) is 3.84. The highest BCUT2D eigenvalue weighted by molar-refractivity contribution is 7.88. The first-order chi connectivity index (χ1) is 8.96. The van der Waals surface area contributed by atoms with E-state index in [4.69, 9.17) is 5.11 Å². The minimum Gasteiger partial charge on any atom is -0.481 e. The van der Waals surface area contributed by atoms with Crippen LogP contribution in [-0.4, -0.2) is 25.5 Å². The Morgan fingerprint density at radius 3 is 2.53 bits per heavy atom. The van der Waals surface area contributed by atoms with Crippen LogP contribution in [0.5, 0.6) is 0 Å². The van der Waals surface area contributed by atoms with E-state index in [-0.39, 0.29) is 11.8 Å². The molecule has 6 heteroatoms. The zero-order chi connectivity index (χ0) is 13.9. The molecule has 2 atom stereocenters. The number of hydrogen-bond donors (Lipinski definition) is 2. The SMILES string of the molecule is O=C(O)[C@@H]1CC[C@H](NS(=O)(=O)Cc2ccccc2)C1. The third kappa shape index (κ3) is 4.04. The lowest BCUT2D eigenvalue weighted by Crippen LogP contribution is -2.34. The van der Waals surface area contributed by atoms with Crippen molar-refractivity contribution in [3.05, 3.63) is 35.9 Å². The molecule has 0 saturated heterocycles. The predicted molar refractivity (Wildman–Crippen MR) is 71.0 cm³/mol. The first-order valence-electron chi connectivity index (χ1n) is 6.23. The van der Waals surface area contributed by atoms with Crippen LogP contribution in [0.2, 0.25) is 0 Å². The smallest absolute Gasteiger partial charge is 0.306 e. The summed E-state index contributed by atoms with van der Waals surface area (Å²) < 4.78 is 26.5. The molecule has 1 aliphatic rings. The predicted octanol–water partition coefficient (Wildman–Crippen LogP) is 1.36. The van der Waals surface area contributed by atoms with Crippen molar-refractivity contribution in [3.63, 3.8) is 0 Å². The van der Waals surface area contributed by atoms with Gasteiger partial charge < -0.3 is 5.11 Å². The average Bonchev–Trinajstić information content (AvgIpc) is 2.77. The van der Waals surface area contributed by atoms with Gasteiger partial charge in [-0.15, -0.1) is 0 Å². The summed E-state index contributed by atoms with van der Waals surface area (Å²) in [5, 5.41) is 8.89. The molecule has 0 aliphatic heterocycles. The van der Waals surface area contributed by atoms with Crippen LogP contribution in [0.1, 0.15) is 24.8 Å². The highest BCUT2D eigenvalue weighted by atomic mass is 32.2. The Morgan fingerprint density at radius 2 is 1.95 bits per heavy atom. The monoisotopic (exact) mass is 283 g/mol. The second-order valence-electron chi connectivity index (χ2n) is 4.91. The van der Waals surface area contributed by atoms with E-state index in [1.807, 2.05) is 6.07 Å². The molecule has 2 rings (SSSR count). The van der Waals surface area contributed by atoms with E-state index in [0.717, 1.165) is 5.56 Å². The lowest BCUT2D eigenvalue weighted by atomic mass is 10.1. The summed E-state index contributed by atoms with van der Waals surface area (Å²) in [4.78, 5) is 10.8. The molecule has 19 heavy (non-hydrogen) atoms. The van der Waals surface area contributed by atoms with Gasteiger partial charge in [-0.1, -0.05) is 30.3 Å². The third-order valence-corrected chi connectivity index (χ3v) is 4.73. The van der Waals surface area contributed by atoms with E-state index in [1.165, 1.54) is 0 Å². The van der Waals surface area contributed by atoms with Gasteiger partial charge in [-0.25, -0.2) is 13.1 Å². The molecular weight excluding hydrogens is 266 g/mol. The highest BCUT2D eigenvalue weighted by Crippen LogP contribution is 2.26. The van der Waals surface area contributed by atoms with Crippen molar-refractivity contribution in [2.75, 3.05) is 0 Å². The Kier molecular flexibility index (Phi) is 4.21. The van der Waals surface area contributed by atoms with Gasteiger partial charge in [0.15, 0.2) is 0 Å². The molecule has 2 N–H and O–H groups in total. The molecule has 1 aromatic carbocycles. The molecule has 0 unspecified atom stereocenters. The molecule has 0 spiro atoms. The quantitative estimate of drug-likeness (QED) is 0.854. The second-order valence-corrected chi connectivity index (χ2v) is 6.66. The first-order valence-corrected chi connectivity index (χ1v) is 7.88. The maximum Gasteiger partial charge on any atom is 0.306 e. The van der Waals surface area contributed by atoms with Crippen LogP contribution < -0.4 is 4.72 Å². The van der Waals surface area contributed by atoms with Gasteiger partial charge in [0.25, 0.3) is 0 Å². The van der Waals surface area contributed by atoms with E-state index >= 15 is 0 Å². The number of nitrogens with one attached hydrogen (secondary N) is 1. The van der Waals surface area contributed by atoms with Crippen LogP contribution in [0.25, 0.3) is 0 Å². The van der Waals surface area contributed by atoms with Crippen LogP contribution >= 0.6 is 0 Å². The van der Waals surface area contributed by atoms with E-state index in [1.54, 1.807) is 24.3 Å². The number of carbonyl (C=O) groups is 1. The van der Waals surface area contributed by atoms with E-state index in [2.05, 4.69) is 4.72 Å².